The normalized spacial score (nSPS) is 14.9. The fourth-order valence-electron chi connectivity index (χ4n) is 2.71. The second-order valence-electron chi connectivity index (χ2n) is 7.26. The molecule has 0 heterocycles. The Hall–Kier alpha value is -0.820. The zero-order valence-electron chi connectivity index (χ0n) is 13.1. The van der Waals surface area contributed by atoms with E-state index in [4.69, 9.17) is 0 Å². The lowest BCUT2D eigenvalue weighted by atomic mass is 9.91. The van der Waals surface area contributed by atoms with Crippen molar-refractivity contribution in [3.8, 4) is 0 Å². The van der Waals surface area contributed by atoms with Crippen molar-refractivity contribution in [2.24, 2.45) is 0 Å². The number of rotatable bonds is 3. The summed E-state index contributed by atoms with van der Waals surface area (Å²) in [6.07, 6.45) is 0. The van der Waals surface area contributed by atoms with Gasteiger partial charge in [-0.15, -0.1) is 0 Å². The van der Waals surface area contributed by atoms with Gasteiger partial charge in [0.25, 0.3) is 0 Å². The molecule has 0 saturated heterocycles. The van der Waals surface area contributed by atoms with E-state index in [-0.39, 0.29) is 11.1 Å². The summed E-state index contributed by atoms with van der Waals surface area (Å²) in [5, 5.41) is 0. The topological polar surface area (TPSA) is 3.24 Å². The molecule has 0 amide bonds. The summed E-state index contributed by atoms with van der Waals surface area (Å²) in [5.74, 6) is 0.560. The molecule has 0 spiro atoms. The molecule has 1 unspecified atom stereocenters. The Morgan fingerprint density at radius 3 is 1.72 bits per heavy atom. The monoisotopic (exact) mass is 247 g/mol. The maximum atomic E-state index is 2.59. The molecule has 0 saturated carbocycles. The lowest BCUT2D eigenvalue weighted by Gasteiger charge is -2.46. The van der Waals surface area contributed by atoms with Crippen LogP contribution in [0.25, 0.3) is 0 Å². The van der Waals surface area contributed by atoms with E-state index in [1.54, 1.807) is 0 Å². The fraction of sp³-hybridized carbons (Fsp3) is 0.647. The van der Waals surface area contributed by atoms with Gasteiger partial charge in [-0.05, 0) is 53.0 Å². The van der Waals surface area contributed by atoms with E-state index in [2.05, 4.69) is 83.7 Å². The van der Waals surface area contributed by atoms with Gasteiger partial charge in [0.1, 0.15) is 0 Å². The molecule has 1 aromatic carbocycles. The van der Waals surface area contributed by atoms with Gasteiger partial charge in [-0.3, -0.25) is 4.90 Å². The van der Waals surface area contributed by atoms with Crippen molar-refractivity contribution in [2.45, 2.75) is 65.5 Å². The van der Waals surface area contributed by atoms with E-state index < -0.39 is 0 Å². The van der Waals surface area contributed by atoms with Crippen LogP contribution in [0, 0.1) is 0 Å². The Kier molecular flexibility index (Phi) is 4.61. The molecule has 1 aromatic rings. The molecule has 0 aromatic heterocycles. The molecular formula is C17H29N. The molecule has 1 atom stereocenters. The van der Waals surface area contributed by atoms with Crippen molar-refractivity contribution in [3.05, 3.63) is 35.9 Å². The Morgan fingerprint density at radius 1 is 0.889 bits per heavy atom. The second-order valence-corrected chi connectivity index (χ2v) is 7.26. The minimum absolute atomic E-state index is 0.196. The van der Waals surface area contributed by atoms with Crippen molar-refractivity contribution < 1.29 is 0 Å². The zero-order valence-corrected chi connectivity index (χ0v) is 13.1. The van der Waals surface area contributed by atoms with Crippen LogP contribution in [0.2, 0.25) is 0 Å². The average Bonchev–Trinajstić information content (AvgIpc) is 2.23. The van der Waals surface area contributed by atoms with Crippen molar-refractivity contribution in [2.75, 3.05) is 6.54 Å². The Balaban J connectivity index is 2.86. The van der Waals surface area contributed by atoms with Crippen LogP contribution in [0.15, 0.2) is 30.3 Å². The Bertz CT molecular complexity index is 339. The fourth-order valence-corrected chi connectivity index (χ4v) is 2.71. The van der Waals surface area contributed by atoms with E-state index in [1.807, 2.05) is 0 Å². The van der Waals surface area contributed by atoms with Crippen LogP contribution in [0.3, 0.4) is 0 Å². The molecule has 0 radical (unpaired) electrons. The quantitative estimate of drug-likeness (QED) is 0.749. The van der Waals surface area contributed by atoms with Crippen LogP contribution in [0.4, 0.5) is 0 Å². The first-order valence-electron chi connectivity index (χ1n) is 6.95. The third kappa shape index (κ3) is 4.13. The molecule has 102 valence electrons. The predicted octanol–water partition coefficient (Wildman–Crippen LogP) is 4.69. The third-order valence-electron chi connectivity index (χ3n) is 3.44. The molecule has 1 nitrogen and oxygen atoms in total. The van der Waals surface area contributed by atoms with Crippen molar-refractivity contribution >= 4 is 0 Å². The molecule has 0 aliphatic rings. The number of hydrogen-bond acceptors (Lipinski definition) is 1. The second kappa shape index (κ2) is 5.44. The Labute approximate surface area is 113 Å². The van der Waals surface area contributed by atoms with Gasteiger partial charge in [-0.1, -0.05) is 37.3 Å². The van der Waals surface area contributed by atoms with Crippen LogP contribution in [0.5, 0.6) is 0 Å². The summed E-state index contributed by atoms with van der Waals surface area (Å²) in [6, 6.07) is 10.8. The van der Waals surface area contributed by atoms with Gasteiger partial charge in [0.2, 0.25) is 0 Å². The predicted molar refractivity (Wildman–Crippen MR) is 81.1 cm³/mol. The minimum atomic E-state index is 0.196. The minimum Gasteiger partial charge on any atom is -0.293 e. The first kappa shape index (κ1) is 15.2. The van der Waals surface area contributed by atoms with Crippen molar-refractivity contribution in [1.29, 1.82) is 0 Å². The van der Waals surface area contributed by atoms with Crippen LogP contribution in [0.1, 0.15) is 59.9 Å². The van der Waals surface area contributed by atoms with Gasteiger partial charge >= 0.3 is 0 Å². The molecule has 0 aliphatic heterocycles. The summed E-state index contributed by atoms with van der Waals surface area (Å²) in [4.78, 5) is 2.59. The first-order valence-corrected chi connectivity index (χ1v) is 6.95. The smallest absolute Gasteiger partial charge is 0.0130 e. The van der Waals surface area contributed by atoms with Crippen molar-refractivity contribution in [1.82, 2.24) is 4.90 Å². The van der Waals surface area contributed by atoms with E-state index in [0.29, 0.717) is 5.92 Å². The summed E-state index contributed by atoms with van der Waals surface area (Å²) in [6.45, 7) is 17.2. The van der Waals surface area contributed by atoms with E-state index in [9.17, 15) is 0 Å². The summed E-state index contributed by atoms with van der Waals surface area (Å²) in [7, 11) is 0. The highest BCUT2D eigenvalue weighted by Crippen LogP contribution is 2.28. The highest BCUT2D eigenvalue weighted by atomic mass is 15.2. The van der Waals surface area contributed by atoms with Gasteiger partial charge in [-0.25, -0.2) is 0 Å². The lowest BCUT2D eigenvalue weighted by Crippen LogP contribution is -2.53. The van der Waals surface area contributed by atoms with E-state index in [1.165, 1.54) is 5.56 Å². The van der Waals surface area contributed by atoms with Crippen LogP contribution >= 0.6 is 0 Å². The molecule has 18 heavy (non-hydrogen) atoms. The molecule has 1 heteroatoms. The molecular weight excluding hydrogens is 218 g/mol. The summed E-state index contributed by atoms with van der Waals surface area (Å²) >= 11 is 0. The standard InChI is InChI=1S/C17H29N/c1-14(15-11-9-8-10-12-15)13-18(16(2,3)4)17(5,6)7/h8-12,14H,13H2,1-7H3. The number of nitrogens with zero attached hydrogens (tertiary/aromatic N) is 1. The Morgan fingerprint density at radius 2 is 1.33 bits per heavy atom. The third-order valence-corrected chi connectivity index (χ3v) is 3.44. The average molecular weight is 247 g/mol. The van der Waals surface area contributed by atoms with Gasteiger partial charge in [0.15, 0.2) is 0 Å². The highest BCUT2D eigenvalue weighted by molar-refractivity contribution is 5.19. The van der Waals surface area contributed by atoms with E-state index >= 15 is 0 Å². The van der Waals surface area contributed by atoms with Crippen LogP contribution in [-0.4, -0.2) is 22.5 Å². The highest BCUT2D eigenvalue weighted by Gasteiger charge is 2.32. The zero-order chi connectivity index (χ0) is 14.0. The molecule has 1 rings (SSSR count). The lowest BCUT2D eigenvalue weighted by molar-refractivity contribution is 0.0334. The maximum absolute atomic E-state index is 2.59. The molecule has 0 fully saturated rings. The molecule has 0 N–H and O–H groups in total. The number of hydrogen-bond donors (Lipinski definition) is 0. The van der Waals surface area contributed by atoms with Crippen LogP contribution < -0.4 is 0 Å². The van der Waals surface area contributed by atoms with E-state index in [0.717, 1.165) is 6.54 Å². The van der Waals surface area contributed by atoms with Crippen LogP contribution in [-0.2, 0) is 0 Å². The first-order chi connectivity index (χ1) is 8.12. The van der Waals surface area contributed by atoms with Gasteiger partial charge in [0.05, 0.1) is 0 Å². The SMILES string of the molecule is CC(CN(C(C)(C)C)C(C)(C)C)c1ccccc1. The van der Waals surface area contributed by atoms with Gasteiger partial charge < -0.3 is 0 Å². The molecule has 0 aliphatic carbocycles. The summed E-state index contributed by atoms with van der Waals surface area (Å²) in [5.41, 5.74) is 1.82. The van der Waals surface area contributed by atoms with Gasteiger partial charge in [0, 0.05) is 17.6 Å². The summed E-state index contributed by atoms with van der Waals surface area (Å²) < 4.78 is 0. The van der Waals surface area contributed by atoms with Gasteiger partial charge in [-0.2, -0.15) is 0 Å². The largest absolute Gasteiger partial charge is 0.293 e. The van der Waals surface area contributed by atoms with Crippen molar-refractivity contribution in [3.63, 3.8) is 0 Å². The maximum Gasteiger partial charge on any atom is 0.0130 e. The molecule has 0 bridgehead atoms. The number of benzene rings is 1.